The van der Waals surface area contributed by atoms with Crippen molar-refractivity contribution in [1.29, 1.82) is 0 Å². The molecule has 0 aromatic heterocycles. The van der Waals surface area contributed by atoms with Crippen LogP contribution in [-0.4, -0.2) is 36.7 Å². The lowest BCUT2D eigenvalue weighted by atomic mass is 9.77. The van der Waals surface area contributed by atoms with E-state index in [1.54, 1.807) is 11.8 Å². The summed E-state index contributed by atoms with van der Waals surface area (Å²) in [6.07, 6.45) is 3.50. The Morgan fingerprint density at radius 1 is 1.39 bits per heavy atom. The Kier molecular flexibility index (Phi) is 3.10. The molecule has 1 aromatic carbocycles. The number of ether oxygens (including phenoxy) is 2. The average Bonchev–Trinajstić information content (AvgIpc) is 3.17. The smallest absolute Gasteiger partial charge is 0.312 e. The van der Waals surface area contributed by atoms with Crippen LogP contribution in [0.2, 0.25) is 0 Å². The van der Waals surface area contributed by atoms with Crippen molar-refractivity contribution in [3.8, 4) is 0 Å². The maximum Gasteiger partial charge on any atom is 0.312 e. The summed E-state index contributed by atoms with van der Waals surface area (Å²) in [6, 6.07) is 7.82. The molecular weight excluding hydrogens is 294 g/mol. The Bertz CT molecular complexity index is 695. The molecule has 1 aromatic rings. The Hall–Kier alpha value is -2.14. The second-order valence-electron chi connectivity index (χ2n) is 6.41. The number of aryl methyl sites for hydroxylation is 1. The highest BCUT2D eigenvalue weighted by Crippen LogP contribution is 2.52. The summed E-state index contributed by atoms with van der Waals surface area (Å²) in [6.45, 7) is 4.53. The van der Waals surface area contributed by atoms with E-state index in [1.807, 2.05) is 43.3 Å². The summed E-state index contributed by atoms with van der Waals surface area (Å²) in [5.74, 6) is -1.42. The molecule has 0 aliphatic carbocycles. The van der Waals surface area contributed by atoms with Gasteiger partial charge in [-0.2, -0.15) is 0 Å². The molecule has 23 heavy (non-hydrogen) atoms. The summed E-state index contributed by atoms with van der Waals surface area (Å²) in [5, 5.41) is 0. The molecule has 2 saturated heterocycles. The van der Waals surface area contributed by atoms with E-state index in [2.05, 4.69) is 0 Å². The van der Waals surface area contributed by atoms with E-state index in [9.17, 15) is 9.59 Å². The first kappa shape index (κ1) is 14.5. The second kappa shape index (κ2) is 4.93. The van der Waals surface area contributed by atoms with E-state index in [0.717, 1.165) is 11.3 Å². The first-order valence-electron chi connectivity index (χ1n) is 7.97. The molecule has 5 nitrogen and oxygen atoms in total. The first-order chi connectivity index (χ1) is 11.1. The van der Waals surface area contributed by atoms with Crippen LogP contribution in [0, 0.1) is 18.8 Å². The molecule has 2 bridgehead atoms. The van der Waals surface area contributed by atoms with Gasteiger partial charge in [0.2, 0.25) is 5.91 Å². The summed E-state index contributed by atoms with van der Waals surface area (Å²) >= 11 is 0. The van der Waals surface area contributed by atoms with Crippen molar-refractivity contribution in [3.05, 3.63) is 42.0 Å². The average molecular weight is 313 g/mol. The number of esters is 1. The van der Waals surface area contributed by atoms with Gasteiger partial charge in [-0.05, 0) is 26.0 Å². The molecule has 0 N–H and O–H groups in total. The number of benzene rings is 1. The van der Waals surface area contributed by atoms with Crippen LogP contribution in [0.25, 0.3) is 0 Å². The molecule has 1 unspecified atom stereocenters. The standard InChI is InChI=1S/C18H19NO4/c1-3-22-17(21)14-13-8-9-18(23-13)10-19(16(20)15(14)18)12-6-4-11(2)5-7-12/h4-9,13-15H,3,10H2,1-2H3/t13-,14?,15+,18-/m1/s1. The van der Waals surface area contributed by atoms with Gasteiger partial charge in [0.05, 0.1) is 25.2 Å². The van der Waals surface area contributed by atoms with Crippen LogP contribution < -0.4 is 4.90 Å². The van der Waals surface area contributed by atoms with Gasteiger partial charge in [-0.3, -0.25) is 9.59 Å². The largest absolute Gasteiger partial charge is 0.466 e. The Balaban J connectivity index is 1.68. The van der Waals surface area contributed by atoms with Crippen molar-refractivity contribution in [2.75, 3.05) is 18.1 Å². The zero-order chi connectivity index (χ0) is 16.2. The normalized spacial score (nSPS) is 34.1. The van der Waals surface area contributed by atoms with Crippen LogP contribution in [0.1, 0.15) is 12.5 Å². The van der Waals surface area contributed by atoms with Crippen LogP contribution in [0.3, 0.4) is 0 Å². The maximum atomic E-state index is 13.0. The molecule has 5 heteroatoms. The highest BCUT2D eigenvalue weighted by atomic mass is 16.6. The van der Waals surface area contributed by atoms with Crippen LogP contribution in [0.4, 0.5) is 5.69 Å². The van der Waals surface area contributed by atoms with Gasteiger partial charge in [0.25, 0.3) is 0 Å². The third-order valence-corrected chi connectivity index (χ3v) is 5.00. The van der Waals surface area contributed by atoms with E-state index >= 15 is 0 Å². The third-order valence-electron chi connectivity index (χ3n) is 5.00. The number of hydrogen-bond donors (Lipinski definition) is 0. The topological polar surface area (TPSA) is 55.8 Å². The number of rotatable bonds is 3. The predicted molar refractivity (Wildman–Crippen MR) is 83.9 cm³/mol. The number of amides is 1. The highest BCUT2D eigenvalue weighted by molar-refractivity contribution is 6.02. The molecule has 3 aliphatic heterocycles. The fraction of sp³-hybridized carbons (Fsp3) is 0.444. The van der Waals surface area contributed by atoms with Gasteiger partial charge in [-0.1, -0.05) is 29.8 Å². The fourth-order valence-corrected chi connectivity index (χ4v) is 3.95. The van der Waals surface area contributed by atoms with Gasteiger partial charge in [0.15, 0.2) is 0 Å². The van der Waals surface area contributed by atoms with Crippen molar-refractivity contribution >= 4 is 17.6 Å². The number of nitrogens with zero attached hydrogens (tertiary/aromatic N) is 1. The zero-order valence-electron chi connectivity index (χ0n) is 13.2. The van der Waals surface area contributed by atoms with E-state index in [4.69, 9.17) is 9.47 Å². The van der Waals surface area contributed by atoms with Gasteiger partial charge in [-0.15, -0.1) is 0 Å². The molecule has 4 rings (SSSR count). The molecule has 0 saturated carbocycles. The zero-order valence-corrected chi connectivity index (χ0v) is 13.2. The van der Waals surface area contributed by atoms with Gasteiger partial charge in [0.1, 0.15) is 11.5 Å². The number of carbonyl (C=O) groups excluding carboxylic acids is 2. The first-order valence-corrected chi connectivity index (χ1v) is 7.97. The monoisotopic (exact) mass is 313 g/mol. The minimum absolute atomic E-state index is 0.0567. The maximum absolute atomic E-state index is 13.0. The minimum atomic E-state index is -0.690. The lowest BCUT2D eigenvalue weighted by molar-refractivity contribution is -0.151. The van der Waals surface area contributed by atoms with Crippen LogP contribution >= 0.6 is 0 Å². The molecule has 4 atom stereocenters. The SMILES string of the molecule is CCOC(=O)C1[C@H]2C(=O)N(c3ccc(C)cc3)C[C@]23C=C[C@H]1O3. The van der Waals surface area contributed by atoms with Crippen molar-refractivity contribution in [2.45, 2.75) is 25.6 Å². The molecule has 1 amide bonds. The molecule has 3 aliphatic rings. The van der Waals surface area contributed by atoms with Crippen molar-refractivity contribution in [2.24, 2.45) is 11.8 Å². The lowest BCUT2D eigenvalue weighted by Gasteiger charge is -2.22. The lowest BCUT2D eigenvalue weighted by Crippen LogP contribution is -2.40. The highest BCUT2D eigenvalue weighted by Gasteiger charge is 2.67. The molecule has 1 spiro atoms. The van der Waals surface area contributed by atoms with Gasteiger partial charge < -0.3 is 14.4 Å². The number of fused-ring (bicyclic) bond motifs is 1. The number of anilines is 1. The molecule has 3 heterocycles. The van der Waals surface area contributed by atoms with E-state index in [1.165, 1.54) is 0 Å². The van der Waals surface area contributed by atoms with Crippen molar-refractivity contribution in [3.63, 3.8) is 0 Å². The predicted octanol–water partition coefficient (Wildman–Crippen LogP) is 1.84. The van der Waals surface area contributed by atoms with Crippen LogP contribution in [0.15, 0.2) is 36.4 Å². The van der Waals surface area contributed by atoms with E-state index in [0.29, 0.717) is 13.2 Å². The molecule has 120 valence electrons. The Morgan fingerprint density at radius 3 is 2.83 bits per heavy atom. The van der Waals surface area contributed by atoms with E-state index < -0.39 is 17.4 Å². The summed E-state index contributed by atoms with van der Waals surface area (Å²) in [5.41, 5.74) is 1.29. The minimum Gasteiger partial charge on any atom is -0.466 e. The van der Waals surface area contributed by atoms with Crippen molar-refractivity contribution < 1.29 is 19.1 Å². The molecule has 0 radical (unpaired) electrons. The Labute approximate surface area is 134 Å². The summed E-state index contributed by atoms with van der Waals surface area (Å²) < 4.78 is 11.2. The second-order valence-corrected chi connectivity index (χ2v) is 6.41. The number of hydrogen-bond acceptors (Lipinski definition) is 4. The van der Waals surface area contributed by atoms with Gasteiger partial charge in [0, 0.05) is 5.69 Å². The summed E-state index contributed by atoms with van der Waals surface area (Å²) in [7, 11) is 0. The van der Waals surface area contributed by atoms with Gasteiger partial charge in [-0.25, -0.2) is 0 Å². The molecule has 2 fully saturated rings. The quantitative estimate of drug-likeness (QED) is 0.631. The number of carbonyl (C=O) groups is 2. The van der Waals surface area contributed by atoms with Gasteiger partial charge >= 0.3 is 5.97 Å². The van der Waals surface area contributed by atoms with E-state index in [-0.39, 0.29) is 18.0 Å². The van der Waals surface area contributed by atoms with Crippen LogP contribution in [-0.2, 0) is 19.1 Å². The fourth-order valence-electron chi connectivity index (χ4n) is 3.95. The third kappa shape index (κ3) is 1.96. The van der Waals surface area contributed by atoms with Crippen molar-refractivity contribution in [1.82, 2.24) is 0 Å². The summed E-state index contributed by atoms with van der Waals surface area (Å²) in [4.78, 5) is 27.0. The molecular formula is C18H19NO4. The Morgan fingerprint density at radius 2 is 2.13 bits per heavy atom. The van der Waals surface area contributed by atoms with Crippen LogP contribution in [0.5, 0.6) is 0 Å².